The molecule has 8 heteroatoms. The summed E-state index contributed by atoms with van der Waals surface area (Å²) in [5.41, 5.74) is 6.17. The number of hydrogen-bond donors (Lipinski definition) is 2. The van der Waals surface area contributed by atoms with Crippen molar-refractivity contribution in [1.29, 1.82) is 10.5 Å². The number of anilines is 2. The van der Waals surface area contributed by atoms with E-state index in [1.165, 1.54) is 0 Å². The Hall–Kier alpha value is -1.77. The number of sulfone groups is 1. The standard InChI is InChI=1S/C11H12N4O2S2/c12-5-8-10(14)9(6-13)18-11(8)15-7-1-3-19(16,17)4-2-7/h7,15H,1-4,14H2. The van der Waals surface area contributed by atoms with Crippen molar-refractivity contribution in [3.8, 4) is 12.1 Å². The molecule has 0 atom stereocenters. The highest BCUT2D eigenvalue weighted by Gasteiger charge is 2.25. The number of nitrogens with two attached hydrogens (primary N) is 1. The molecule has 0 saturated carbocycles. The van der Waals surface area contributed by atoms with E-state index < -0.39 is 9.84 Å². The summed E-state index contributed by atoms with van der Waals surface area (Å²) in [6.07, 6.45) is 1.01. The molecular weight excluding hydrogens is 284 g/mol. The second kappa shape index (κ2) is 5.08. The van der Waals surface area contributed by atoms with Crippen LogP contribution >= 0.6 is 11.3 Å². The first-order valence-corrected chi connectivity index (χ1v) is 8.30. The second-order valence-corrected chi connectivity index (χ2v) is 7.67. The minimum Gasteiger partial charge on any atom is -0.396 e. The molecule has 19 heavy (non-hydrogen) atoms. The molecule has 0 spiro atoms. The largest absolute Gasteiger partial charge is 0.396 e. The number of nitrogens with zero attached hydrogens (tertiary/aromatic N) is 2. The highest BCUT2D eigenvalue weighted by Crippen LogP contribution is 2.35. The maximum absolute atomic E-state index is 11.3. The minimum absolute atomic E-state index is 0.000202. The molecule has 1 saturated heterocycles. The lowest BCUT2D eigenvalue weighted by Crippen LogP contribution is -2.32. The number of hydrogen-bond acceptors (Lipinski definition) is 7. The fourth-order valence-corrected chi connectivity index (χ4v) is 4.40. The van der Waals surface area contributed by atoms with Crippen LogP contribution in [0.3, 0.4) is 0 Å². The van der Waals surface area contributed by atoms with Crippen molar-refractivity contribution in [1.82, 2.24) is 0 Å². The normalized spacial score (nSPS) is 18.4. The van der Waals surface area contributed by atoms with Gasteiger partial charge in [0, 0.05) is 6.04 Å². The van der Waals surface area contributed by atoms with E-state index in [1.807, 2.05) is 12.1 Å². The number of nitrogens with one attached hydrogen (secondary N) is 1. The van der Waals surface area contributed by atoms with E-state index in [2.05, 4.69) is 5.32 Å². The Labute approximate surface area is 115 Å². The SMILES string of the molecule is N#Cc1sc(NC2CCS(=O)(=O)CC2)c(C#N)c1N. The summed E-state index contributed by atoms with van der Waals surface area (Å²) < 4.78 is 22.7. The van der Waals surface area contributed by atoms with Crippen LogP contribution in [0.5, 0.6) is 0 Å². The third-order valence-electron chi connectivity index (χ3n) is 3.05. The average molecular weight is 296 g/mol. The fraction of sp³-hybridized carbons (Fsp3) is 0.455. The molecule has 1 aliphatic heterocycles. The van der Waals surface area contributed by atoms with Crippen molar-refractivity contribution in [2.75, 3.05) is 22.6 Å². The summed E-state index contributed by atoms with van der Waals surface area (Å²) >= 11 is 1.14. The zero-order valence-corrected chi connectivity index (χ0v) is 11.6. The summed E-state index contributed by atoms with van der Waals surface area (Å²) in [4.78, 5) is 0.308. The molecule has 0 unspecified atom stereocenters. The van der Waals surface area contributed by atoms with Crippen LogP contribution in [0, 0.1) is 22.7 Å². The van der Waals surface area contributed by atoms with Crippen molar-refractivity contribution in [3.63, 3.8) is 0 Å². The molecule has 6 nitrogen and oxygen atoms in total. The topological polar surface area (TPSA) is 120 Å². The Bertz CT molecular complexity index is 665. The van der Waals surface area contributed by atoms with Gasteiger partial charge in [0.25, 0.3) is 0 Å². The average Bonchev–Trinajstić information content (AvgIpc) is 2.67. The lowest BCUT2D eigenvalue weighted by Gasteiger charge is -2.23. The zero-order valence-electron chi connectivity index (χ0n) is 10.0. The Balaban J connectivity index is 2.17. The highest BCUT2D eigenvalue weighted by molar-refractivity contribution is 7.91. The summed E-state index contributed by atoms with van der Waals surface area (Å²) in [7, 11) is -2.91. The van der Waals surface area contributed by atoms with Crippen LogP contribution in [0.4, 0.5) is 10.7 Å². The van der Waals surface area contributed by atoms with Crippen LogP contribution in [-0.4, -0.2) is 26.0 Å². The molecule has 100 valence electrons. The van der Waals surface area contributed by atoms with E-state index in [0.717, 1.165) is 11.3 Å². The first-order valence-electron chi connectivity index (χ1n) is 5.66. The van der Waals surface area contributed by atoms with E-state index in [9.17, 15) is 8.42 Å². The molecule has 1 aromatic heterocycles. The summed E-state index contributed by atoms with van der Waals surface area (Å²) in [6, 6.07) is 3.93. The monoisotopic (exact) mass is 296 g/mol. The third kappa shape index (κ3) is 2.80. The second-order valence-electron chi connectivity index (χ2n) is 4.34. The molecule has 1 aromatic rings. The van der Waals surface area contributed by atoms with Crippen LogP contribution in [0.2, 0.25) is 0 Å². The van der Waals surface area contributed by atoms with Crippen molar-refractivity contribution < 1.29 is 8.42 Å². The molecule has 0 aromatic carbocycles. The van der Waals surface area contributed by atoms with Crippen molar-refractivity contribution >= 4 is 31.9 Å². The van der Waals surface area contributed by atoms with Crippen LogP contribution < -0.4 is 11.1 Å². The molecule has 1 aliphatic rings. The van der Waals surface area contributed by atoms with E-state index in [0.29, 0.717) is 22.7 Å². The first kappa shape index (κ1) is 13.7. The Morgan fingerprint density at radius 3 is 2.42 bits per heavy atom. The lowest BCUT2D eigenvalue weighted by molar-refractivity contribution is 0.560. The molecule has 3 N–H and O–H groups in total. The van der Waals surface area contributed by atoms with E-state index >= 15 is 0 Å². The Kier molecular flexibility index (Phi) is 3.65. The van der Waals surface area contributed by atoms with Crippen molar-refractivity contribution in [3.05, 3.63) is 10.4 Å². The molecule has 1 fully saturated rings. The smallest absolute Gasteiger partial charge is 0.150 e. The molecule has 2 heterocycles. The molecular formula is C11H12N4O2S2. The van der Waals surface area contributed by atoms with Gasteiger partial charge in [0.1, 0.15) is 37.4 Å². The van der Waals surface area contributed by atoms with Gasteiger partial charge in [0.2, 0.25) is 0 Å². The number of nitriles is 2. The maximum Gasteiger partial charge on any atom is 0.150 e. The van der Waals surface area contributed by atoms with Gasteiger partial charge in [-0.05, 0) is 12.8 Å². The van der Waals surface area contributed by atoms with Gasteiger partial charge in [-0.15, -0.1) is 11.3 Å². The number of thiophene rings is 1. The lowest BCUT2D eigenvalue weighted by atomic mass is 10.1. The number of nitrogen functional groups attached to an aromatic ring is 1. The van der Waals surface area contributed by atoms with Crippen molar-refractivity contribution in [2.24, 2.45) is 0 Å². The van der Waals surface area contributed by atoms with Gasteiger partial charge in [-0.3, -0.25) is 0 Å². The van der Waals surface area contributed by atoms with E-state index in [4.69, 9.17) is 16.3 Å². The predicted octanol–water partition coefficient (Wildman–Crippen LogP) is 1.06. The fourth-order valence-electron chi connectivity index (χ4n) is 1.96. The first-order chi connectivity index (χ1) is 8.96. The summed E-state index contributed by atoms with van der Waals surface area (Å²) in [5.74, 6) is 0.303. The number of rotatable bonds is 2. The highest BCUT2D eigenvalue weighted by atomic mass is 32.2. The van der Waals surface area contributed by atoms with Crippen LogP contribution in [0.1, 0.15) is 23.3 Å². The van der Waals surface area contributed by atoms with Gasteiger partial charge in [0.15, 0.2) is 0 Å². The summed E-state index contributed by atoms with van der Waals surface area (Å²) in [6.45, 7) is 0. The molecule has 0 bridgehead atoms. The van der Waals surface area contributed by atoms with Gasteiger partial charge in [-0.2, -0.15) is 10.5 Å². The zero-order chi connectivity index (χ0) is 14.0. The molecule has 0 amide bonds. The maximum atomic E-state index is 11.3. The van der Waals surface area contributed by atoms with Gasteiger partial charge in [0.05, 0.1) is 17.2 Å². The quantitative estimate of drug-likeness (QED) is 0.842. The Morgan fingerprint density at radius 2 is 1.89 bits per heavy atom. The van der Waals surface area contributed by atoms with Crippen LogP contribution in [0.15, 0.2) is 0 Å². The minimum atomic E-state index is -2.91. The molecule has 0 radical (unpaired) electrons. The molecule has 2 rings (SSSR count). The van der Waals surface area contributed by atoms with Crippen LogP contribution in [-0.2, 0) is 9.84 Å². The molecule has 0 aliphatic carbocycles. The van der Waals surface area contributed by atoms with Crippen molar-refractivity contribution in [2.45, 2.75) is 18.9 Å². The van der Waals surface area contributed by atoms with E-state index in [-0.39, 0.29) is 28.8 Å². The van der Waals surface area contributed by atoms with Gasteiger partial charge >= 0.3 is 0 Å². The van der Waals surface area contributed by atoms with Gasteiger partial charge < -0.3 is 11.1 Å². The van der Waals surface area contributed by atoms with Gasteiger partial charge in [-0.25, -0.2) is 8.42 Å². The predicted molar refractivity (Wildman–Crippen MR) is 73.5 cm³/mol. The Morgan fingerprint density at radius 1 is 1.26 bits per heavy atom. The van der Waals surface area contributed by atoms with E-state index in [1.54, 1.807) is 0 Å². The van der Waals surface area contributed by atoms with Gasteiger partial charge in [-0.1, -0.05) is 0 Å². The van der Waals surface area contributed by atoms with Crippen LogP contribution in [0.25, 0.3) is 0 Å². The summed E-state index contributed by atoms with van der Waals surface area (Å²) in [5, 5.41) is 21.6. The third-order valence-corrected chi connectivity index (χ3v) is 5.81.